The molecule has 0 aromatic heterocycles. The van der Waals surface area contributed by atoms with Gasteiger partial charge in [-0.2, -0.15) is 8.78 Å². The Morgan fingerprint density at radius 1 is 1.00 bits per heavy atom. The molecule has 1 unspecified atom stereocenters. The molecule has 0 aliphatic heterocycles. The number of alkyl halides is 2. The Hall–Kier alpha value is -2.19. The first-order valence-corrected chi connectivity index (χ1v) is 6.94. The minimum atomic E-state index is -3.13. The van der Waals surface area contributed by atoms with Crippen molar-refractivity contribution in [2.24, 2.45) is 0 Å². The Bertz CT molecular complexity index is 676. The van der Waals surface area contributed by atoms with Crippen LogP contribution in [0.4, 0.5) is 22.0 Å². The summed E-state index contributed by atoms with van der Waals surface area (Å²) in [6, 6.07) is 6.62. The van der Waals surface area contributed by atoms with Crippen molar-refractivity contribution in [2.75, 3.05) is 6.54 Å². The molecule has 0 aliphatic carbocycles. The van der Waals surface area contributed by atoms with E-state index in [0.29, 0.717) is 5.56 Å². The predicted octanol–water partition coefficient (Wildman–Crippen LogP) is 3.53. The van der Waals surface area contributed by atoms with Crippen molar-refractivity contribution in [3.63, 3.8) is 0 Å². The van der Waals surface area contributed by atoms with E-state index in [1.807, 2.05) is 0 Å². The molecule has 0 heterocycles. The maximum atomic E-state index is 13.5. The molecule has 2 N–H and O–H groups in total. The summed E-state index contributed by atoms with van der Waals surface area (Å²) in [5, 5.41) is 12.5. The second-order valence-corrected chi connectivity index (χ2v) is 4.93. The summed E-state index contributed by atoms with van der Waals surface area (Å²) < 4.78 is 68.6. The van der Waals surface area contributed by atoms with Crippen molar-refractivity contribution in [1.29, 1.82) is 0 Å². The lowest BCUT2D eigenvalue weighted by Crippen LogP contribution is -2.22. The van der Waals surface area contributed by atoms with Crippen LogP contribution in [0, 0.1) is 17.5 Å². The number of nitrogens with one attached hydrogen (secondary N) is 1. The summed E-state index contributed by atoms with van der Waals surface area (Å²) in [7, 11) is 0. The van der Waals surface area contributed by atoms with Crippen molar-refractivity contribution in [3.8, 4) is 5.75 Å². The number of halogens is 5. The van der Waals surface area contributed by atoms with Gasteiger partial charge < -0.3 is 15.2 Å². The highest BCUT2D eigenvalue weighted by atomic mass is 19.3. The first-order chi connectivity index (χ1) is 11.4. The van der Waals surface area contributed by atoms with Crippen LogP contribution in [0.15, 0.2) is 36.4 Å². The topological polar surface area (TPSA) is 41.5 Å². The van der Waals surface area contributed by atoms with Gasteiger partial charge in [-0.3, -0.25) is 0 Å². The predicted molar refractivity (Wildman–Crippen MR) is 76.1 cm³/mol. The number of aliphatic hydroxyl groups excluding tert-OH is 1. The zero-order chi connectivity index (χ0) is 17.7. The van der Waals surface area contributed by atoms with Crippen molar-refractivity contribution in [1.82, 2.24) is 5.32 Å². The smallest absolute Gasteiger partial charge is 0.387 e. The highest BCUT2D eigenvalue weighted by Gasteiger charge is 2.17. The van der Waals surface area contributed by atoms with Gasteiger partial charge in [-0.05, 0) is 29.8 Å². The van der Waals surface area contributed by atoms with Crippen molar-refractivity contribution in [2.45, 2.75) is 19.3 Å². The molecule has 1 atom stereocenters. The van der Waals surface area contributed by atoms with E-state index in [0.717, 1.165) is 24.3 Å². The quantitative estimate of drug-likeness (QED) is 0.753. The molecule has 0 aliphatic rings. The standard InChI is InChI=1S/C16H14F5NO2/c17-10-2-1-3-11(18)15(10)13(23)8-22-7-9-4-5-14(12(19)6-9)24-16(20)21/h1-6,13,16,22-23H,7-8H2. The van der Waals surface area contributed by atoms with E-state index in [2.05, 4.69) is 10.1 Å². The molecule has 0 saturated carbocycles. The van der Waals surface area contributed by atoms with E-state index in [1.165, 1.54) is 12.1 Å². The van der Waals surface area contributed by atoms with Gasteiger partial charge >= 0.3 is 6.61 Å². The van der Waals surface area contributed by atoms with E-state index in [-0.39, 0.29) is 13.1 Å². The van der Waals surface area contributed by atoms with Crippen LogP contribution in [0.5, 0.6) is 5.75 Å². The summed E-state index contributed by atoms with van der Waals surface area (Å²) >= 11 is 0. The fourth-order valence-corrected chi connectivity index (χ4v) is 2.13. The third-order valence-corrected chi connectivity index (χ3v) is 3.21. The molecular formula is C16H14F5NO2. The Labute approximate surface area is 134 Å². The second-order valence-electron chi connectivity index (χ2n) is 4.93. The largest absolute Gasteiger partial charge is 0.432 e. The van der Waals surface area contributed by atoms with Crippen LogP contribution in [0.25, 0.3) is 0 Å². The van der Waals surface area contributed by atoms with Crippen molar-refractivity contribution < 1.29 is 31.8 Å². The minimum absolute atomic E-state index is 0.0546. The lowest BCUT2D eigenvalue weighted by atomic mass is 10.1. The number of ether oxygens (including phenoxy) is 1. The third kappa shape index (κ3) is 4.65. The van der Waals surface area contributed by atoms with Gasteiger partial charge in [-0.25, -0.2) is 13.2 Å². The molecule has 0 amide bonds. The maximum absolute atomic E-state index is 13.5. The summed E-state index contributed by atoms with van der Waals surface area (Å²) in [4.78, 5) is 0. The molecule has 24 heavy (non-hydrogen) atoms. The molecule has 3 nitrogen and oxygen atoms in total. The second kappa shape index (κ2) is 8.07. The van der Waals surface area contributed by atoms with Gasteiger partial charge in [0.2, 0.25) is 0 Å². The van der Waals surface area contributed by atoms with Gasteiger partial charge in [0.05, 0.1) is 11.7 Å². The Balaban J connectivity index is 1.93. The molecule has 8 heteroatoms. The van der Waals surface area contributed by atoms with E-state index in [1.54, 1.807) is 0 Å². The Morgan fingerprint density at radius 3 is 2.25 bits per heavy atom. The molecule has 2 aromatic carbocycles. The van der Waals surface area contributed by atoms with Gasteiger partial charge in [0.15, 0.2) is 11.6 Å². The first-order valence-electron chi connectivity index (χ1n) is 6.94. The molecular weight excluding hydrogens is 333 g/mol. The van der Waals surface area contributed by atoms with Crippen LogP contribution < -0.4 is 10.1 Å². The SMILES string of the molecule is OC(CNCc1ccc(OC(F)F)c(F)c1)c1c(F)cccc1F. The lowest BCUT2D eigenvalue weighted by molar-refractivity contribution is -0.0522. The van der Waals surface area contributed by atoms with Crippen LogP contribution in [-0.4, -0.2) is 18.3 Å². The van der Waals surface area contributed by atoms with Gasteiger partial charge in [-0.15, -0.1) is 0 Å². The van der Waals surface area contributed by atoms with E-state index in [9.17, 15) is 27.1 Å². The third-order valence-electron chi connectivity index (χ3n) is 3.21. The maximum Gasteiger partial charge on any atom is 0.387 e. The normalized spacial score (nSPS) is 12.5. The van der Waals surface area contributed by atoms with Crippen LogP contribution in [0.1, 0.15) is 17.2 Å². The summed E-state index contributed by atoms with van der Waals surface area (Å²) in [5.74, 6) is -3.29. The van der Waals surface area contributed by atoms with Gasteiger partial charge in [-0.1, -0.05) is 12.1 Å². The number of rotatable bonds is 7. The Morgan fingerprint density at radius 2 is 1.67 bits per heavy atom. The number of aliphatic hydroxyl groups is 1. The summed E-state index contributed by atoms with van der Waals surface area (Å²) in [6.45, 7) is -3.26. The summed E-state index contributed by atoms with van der Waals surface area (Å²) in [5.41, 5.74) is -0.0767. The highest BCUT2D eigenvalue weighted by molar-refractivity contribution is 5.29. The van der Waals surface area contributed by atoms with Crippen LogP contribution in [-0.2, 0) is 6.54 Å². The lowest BCUT2D eigenvalue weighted by Gasteiger charge is -2.14. The van der Waals surface area contributed by atoms with Crippen molar-refractivity contribution in [3.05, 3.63) is 65.0 Å². The van der Waals surface area contributed by atoms with E-state index >= 15 is 0 Å². The molecule has 0 spiro atoms. The van der Waals surface area contributed by atoms with Gasteiger partial charge in [0.1, 0.15) is 11.6 Å². The van der Waals surface area contributed by atoms with Crippen LogP contribution in [0.2, 0.25) is 0 Å². The number of hydrogen-bond donors (Lipinski definition) is 2. The minimum Gasteiger partial charge on any atom is -0.432 e. The van der Waals surface area contributed by atoms with E-state index < -0.39 is 41.5 Å². The first kappa shape index (κ1) is 18.2. The monoisotopic (exact) mass is 347 g/mol. The average molecular weight is 347 g/mol. The number of hydrogen-bond acceptors (Lipinski definition) is 3. The molecule has 2 rings (SSSR count). The Kier molecular flexibility index (Phi) is 6.10. The average Bonchev–Trinajstić information content (AvgIpc) is 2.49. The van der Waals surface area contributed by atoms with Crippen LogP contribution >= 0.6 is 0 Å². The molecule has 2 aromatic rings. The van der Waals surface area contributed by atoms with Gasteiger partial charge in [0, 0.05) is 13.1 Å². The molecule has 0 bridgehead atoms. The van der Waals surface area contributed by atoms with E-state index in [4.69, 9.17) is 0 Å². The zero-order valence-corrected chi connectivity index (χ0v) is 12.3. The fraction of sp³-hybridized carbons (Fsp3) is 0.250. The molecule has 130 valence electrons. The van der Waals surface area contributed by atoms with Crippen LogP contribution in [0.3, 0.4) is 0 Å². The highest BCUT2D eigenvalue weighted by Crippen LogP contribution is 2.22. The van der Waals surface area contributed by atoms with Crippen molar-refractivity contribution >= 4 is 0 Å². The molecule has 0 fully saturated rings. The van der Waals surface area contributed by atoms with Gasteiger partial charge in [0.25, 0.3) is 0 Å². The summed E-state index contributed by atoms with van der Waals surface area (Å²) in [6.07, 6.45) is -1.43. The number of benzene rings is 2. The molecule has 0 saturated heterocycles. The fourth-order valence-electron chi connectivity index (χ4n) is 2.13. The molecule has 0 radical (unpaired) electrons. The zero-order valence-electron chi connectivity index (χ0n) is 12.3.